The number of sulfonamides is 1. The molecule has 1 atom stereocenters. The number of carbonyl (C=O) groups excluding carboxylic acids is 2. The van der Waals surface area contributed by atoms with Gasteiger partial charge in [-0.05, 0) is 49.4 Å². The monoisotopic (exact) mass is 523 g/mol. The number of amides is 1. The lowest BCUT2D eigenvalue weighted by Gasteiger charge is -2.29. The van der Waals surface area contributed by atoms with Crippen LogP contribution in [0.25, 0.3) is 10.2 Å². The van der Waals surface area contributed by atoms with Crippen molar-refractivity contribution < 1.29 is 27.5 Å². The molecule has 1 unspecified atom stereocenters. The lowest BCUT2D eigenvalue weighted by Crippen LogP contribution is -2.42. The van der Waals surface area contributed by atoms with Crippen LogP contribution in [-0.4, -0.2) is 56.0 Å². The molecule has 4 rings (SSSR count). The molecule has 2 aromatic heterocycles. The van der Waals surface area contributed by atoms with E-state index < -0.39 is 27.8 Å². The molecule has 0 radical (unpaired) electrons. The van der Waals surface area contributed by atoms with Crippen molar-refractivity contribution in [2.45, 2.75) is 30.5 Å². The van der Waals surface area contributed by atoms with E-state index in [1.165, 1.54) is 15.6 Å². The van der Waals surface area contributed by atoms with Gasteiger partial charge in [0.2, 0.25) is 0 Å². The van der Waals surface area contributed by atoms with E-state index in [2.05, 4.69) is 4.99 Å². The van der Waals surface area contributed by atoms with Crippen molar-refractivity contribution in [3.05, 3.63) is 40.5 Å². The predicted molar refractivity (Wildman–Crippen MR) is 129 cm³/mol. The normalized spacial score (nSPS) is 17.7. The van der Waals surface area contributed by atoms with Gasteiger partial charge in [0.15, 0.2) is 4.80 Å². The summed E-state index contributed by atoms with van der Waals surface area (Å²) in [5, 5.41) is 1.72. The van der Waals surface area contributed by atoms with Crippen LogP contribution in [0, 0.1) is 5.92 Å². The highest BCUT2D eigenvalue weighted by molar-refractivity contribution is 7.91. The first-order valence-electron chi connectivity index (χ1n) is 10.8. The van der Waals surface area contributed by atoms with Gasteiger partial charge in [-0.1, -0.05) is 17.4 Å². The zero-order valence-corrected chi connectivity index (χ0v) is 21.2. The van der Waals surface area contributed by atoms with Crippen molar-refractivity contribution in [2.75, 3.05) is 26.8 Å². The molecule has 0 spiro atoms. The number of ether oxygens (including phenoxy) is 2. The number of hydrogen-bond acceptors (Lipinski definition) is 8. The van der Waals surface area contributed by atoms with Crippen LogP contribution >= 0.6 is 22.7 Å². The largest absolute Gasteiger partial charge is 0.497 e. The van der Waals surface area contributed by atoms with E-state index in [0.29, 0.717) is 29.9 Å². The molecule has 3 aromatic rings. The molecule has 1 aliphatic rings. The van der Waals surface area contributed by atoms with Crippen LogP contribution in [0.1, 0.15) is 19.8 Å². The van der Waals surface area contributed by atoms with E-state index in [0.717, 1.165) is 21.6 Å². The number of methoxy groups -OCH3 is 1. The average Bonchev–Trinajstić information content (AvgIpc) is 3.48. The van der Waals surface area contributed by atoms with Gasteiger partial charge >= 0.3 is 5.97 Å². The second-order valence-electron chi connectivity index (χ2n) is 7.69. The van der Waals surface area contributed by atoms with Crippen molar-refractivity contribution in [1.29, 1.82) is 0 Å². The van der Waals surface area contributed by atoms with Gasteiger partial charge in [0.05, 0.1) is 29.9 Å². The minimum absolute atomic E-state index is 0.0825. The van der Waals surface area contributed by atoms with Gasteiger partial charge in [-0.3, -0.25) is 9.59 Å². The smallest absolute Gasteiger partial charge is 0.326 e. The topological polar surface area (TPSA) is 107 Å². The molecule has 0 saturated carbocycles. The van der Waals surface area contributed by atoms with E-state index in [-0.39, 0.29) is 23.9 Å². The van der Waals surface area contributed by atoms with E-state index in [9.17, 15) is 18.0 Å². The first kappa shape index (κ1) is 24.6. The Morgan fingerprint density at radius 3 is 2.79 bits per heavy atom. The minimum Gasteiger partial charge on any atom is -0.497 e. The van der Waals surface area contributed by atoms with Crippen molar-refractivity contribution in [2.24, 2.45) is 10.9 Å². The Hall–Kier alpha value is -2.54. The van der Waals surface area contributed by atoms with Crippen LogP contribution in [0.3, 0.4) is 0 Å². The lowest BCUT2D eigenvalue weighted by atomic mass is 9.99. The summed E-state index contributed by atoms with van der Waals surface area (Å²) in [6, 6.07) is 8.67. The first-order valence-corrected chi connectivity index (χ1v) is 13.9. The fraction of sp³-hybridized carbons (Fsp3) is 0.409. The fourth-order valence-electron chi connectivity index (χ4n) is 3.84. The van der Waals surface area contributed by atoms with E-state index in [1.54, 1.807) is 42.2 Å². The number of benzene rings is 1. The Morgan fingerprint density at radius 1 is 1.26 bits per heavy atom. The average molecular weight is 524 g/mol. The summed E-state index contributed by atoms with van der Waals surface area (Å²) in [7, 11) is -2.07. The van der Waals surface area contributed by atoms with Crippen molar-refractivity contribution in [3.8, 4) is 5.75 Å². The molecule has 12 heteroatoms. The first-order chi connectivity index (χ1) is 16.3. The number of thiophene rings is 1. The Bertz CT molecular complexity index is 1360. The van der Waals surface area contributed by atoms with Crippen LogP contribution in [0.4, 0.5) is 0 Å². The summed E-state index contributed by atoms with van der Waals surface area (Å²) in [5.41, 5.74) is 0.732. The zero-order valence-electron chi connectivity index (χ0n) is 18.8. The standard InChI is InChI=1S/C22H25N3O6S3/c1-3-31-19(26)14-25-17-9-8-16(30-2)12-18(17)33-22(25)23-21(27)15-6-4-10-24(13-15)34(28,29)20-7-5-11-32-20/h5,7-9,11-12,15H,3-4,6,10,13-14H2,1-2H3. The van der Waals surface area contributed by atoms with E-state index >= 15 is 0 Å². The highest BCUT2D eigenvalue weighted by Crippen LogP contribution is 2.27. The third-order valence-corrected chi connectivity index (χ3v) is 9.79. The second kappa shape index (κ2) is 10.4. The molecule has 9 nitrogen and oxygen atoms in total. The molecule has 1 aliphatic heterocycles. The van der Waals surface area contributed by atoms with Gasteiger partial charge in [0, 0.05) is 13.1 Å². The Morgan fingerprint density at radius 2 is 2.09 bits per heavy atom. The molecule has 3 heterocycles. The molecule has 0 aliphatic carbocycles. The van der Waals surface area contributed by atoms with Crippen LogP contribution in [0.5, 0.6) is 5.75 Å². The Kier molecular flexibility index (Phi) is 7.51. The number of carbonyl (C=O) groups is 2. The lowest BCUT2D eigenvalue weighted by molar-refractivity contribution is -0.143. The molecular formula is C22H25N3O6S3. The van der Waals surface area contributed by atoms with Crippen LogP contribution in [-0.2, 0) is 30.9 Å². The molecule has 0 bridgehead atoms. The SMILES string of the molecule is CCOC(=O)Cn1c(=NC(=O)C2CCCN(S(=O)(=O)c3cccs3)C2)sc2cc(OC)ccc21. The summed E-state index contributed by atoms with van der Waals surface area (Å²) in [6.45, 7) is 2.34. The Balaban J connectivity index is 1.65. The molecular weight excluding hydrogens is 498 g/mol. The van der Waals surface area contributed by atoms with Gasteiger partial charge in [0.25, 0.3) is 15.9 Å². The van der Waals surface area contributed by atoms with Gasteiger partial charge in [0.1, 0.15) is 16.5 Å². The van der Waals surface area contributed by atoms with Gasteiger partial charge in [-0.2, -0.15) is 9.30 Å². The number of thiazole rings is 1. The third-order valence-electron chi connectivity index (χ3n) is 5.51. The molecule has 182 valence electrons. The van der Waals surface area contributed by atoms with E-state index in [1.807, 2.05) is 12.1 Å². The quantitative estimate of drug-likeness (QED) is 0.441. The van der Waals surface area contributed by atoms with Gasteiger partial charge in [-0.25, -0.2) is 8.42 Å². The summed E-state index contributed by atoms with van der Waals surface area (Å²) >= 11 is 2.43. The number of piperidine rings is 1. The van der Waals surface area contributed by atoms with Crippen LogP contribution < -0.4 is 9.54 Å². The Labute approximate surface area is 205 Å². The van der Waals surface area contributed by atoms with Crippen molar-refractivity contribution in [1.82, 2.24) is 8.87 Å². The maximum Gasteiger partial charge on any atom is 0.326 e. The molecule has 34 heavy (non-hydrogen) atoms. The highest BCUT2D eigenvalue weighted by Gasteiger charge is 2.34. The van der Waals surface area contributed by atoms with Crippen molar-refractivity contribution >= 4 is 54.8 Å². The number of nitrogens with zero attached hydrogens (tertiary/aromatic N) is 3. The van der Waals surface area contributed by atoms with Crippen LogP contribution in [0.15, 0.2) is 44.9 Å². The predicted octanol–water partition coefficient (Wildman–Crippen LogP) is 2.86. The van der Waals surface area contributed by atoms with Crippen molar-refractivity contribution in [3.63, 3.8) is 0 Å². The van der Waals surface area contributed by atoms with Gasteiger partial charge in [-0.15, -0.1) is 11.3 Å². The van der Waals surface area contributed by atoms with Crippen LogP contribution in [0.2, 0.25) is 0 Å². The number of aromatic nitrogens is 1. The fourth-order valence-corrected chi connectivity index (χ4v) is 7.57. The summed E-state index contributed by atoms with van der Waals surface area (Å²) < 4.78 is 40.3. The third kappa shape index (κ3) is 5.09. The summed E-state index contributed by atoms with van der Waals surface area (Å²) in [5.74, 6) is -0.740. The summed E-state index contributed by atoms with van der Waals surface area (Å²) in [6.07, 6.45) is 1.12. The molecule has 1 amide bonds. The highest BCUT2D eigenvalue weighted by atomic mass is 32.2. The molecule has 0 N–H and O–H groups in total. The maximum atomic E-state index is 13.2. The summed E-state index contributed by atoms with van der Waals surface area (Å²) in [4.78, 5) is 30.1. The minimum atomic E-state index is -3.64. The number of esters is 1. The molecule has 1 fully saturated rings. The number of hydrogen-bond donors (Lipinski definition) is 0. The molecule has 1 aromatic carbocycles. The molecule has 1 saturated heterocycles. The zero-order chi connectivity index (χ0) is 24.3. The second-order valence-corrected chi connectivity index (χ2v) is 11.8. The number of fused-ring (bicyclic) bond motifs is 1. The number of rotatable bonds is 7. The van der Waals surface area contributed by atoms with Gasteiger partial charge < -0.3 is 14.0 Å². The van der Waals surface area contributed by atoms with E-state index in [4.69, 9.17) is 9.47 Å². The maximum absolute atomic E-state index is 13.2.